The molecule has 0 radical (unpaired) electrons. The van der Waals surface area contributed by atoms with Gasteiger partial charge in [0, 0.05) is 19.1 Å². The van der Waals surface area contributed by atoms with Crippen LogP contribution in [0.25, 0.3) is 0 Å². The topological polar surface area (TPSA) is 3.24 Å². The first-order valence-corrected chi connectivity index (χ1v) is 10.0. The minimum absolute atomic E-state index is 0. The number of nitrogens with zero attached hydrogens (tertiary/aromatic N) is 1. The van der Waals surface area contributed by atoms with Crippen molar-refractivity contribution >= 4 is 17.0 Å². The van der Waals surface area contributed by atoms with Crippen LogP contribution in [0.15, 0.2) is 48.5 Å². The Hall–Kier alpha value is -1.26. The molecule has 3 atom stereocenters. The number of benzene rings is 2. The number of fused-ring (bicyclic) bond motifs is 2. The van der Waals surface area contributed by atoms with E-state index < -0.39 is 0 Å². The maximum Gasteiger partial charge on any atom is 0.123 e. The zero-order chi connectivity index (χ0) is 19.2. The Morgan fingerprint density at radius 1 is 0.857 bits per heavy atom. The van der Waals surface area contributed by atoms with Crippen LogP contribution in [0.1, 0.15) is 51.2 Å². The molecule has 2 aromatic carbocycles. The van der Waals surface area contributed by atoms with E-state index in [1.54, 1.807) is 0 Å². The Morgan fingerprint density at radius 3 is 1.68 bits per heavy atom. The number of hydrogen-bond donors (Lipinski definition) is 0. The first-order valence-electron chi connectivity index (χ1n) is 10.0. The average Bonchev–Trinajstić information content (AvgIpc) is 2.98. The maximum atomic E-state index is 13.3. The average molecular weight is 450 g/mol. The summed E-state index contributed by atoms with van der Waals surface area (Å²) in [5.41, 5.74) is 2.87. The van der Waals surface area contributed by atoms with E-state index >= 15 is 0 Å². The number of hydrogen-bond acceptors (Lipinski definition) is 1. The minimum atomic E-state index is -0.197. The van der Waals surface area contributed by atoms with E-state index in [0.29, 0.717) is 11.5 Å². The second kappa shape index (κ2) is 7.87. The molecule has 2 saturated carbocycles. The maximum absolute atomic E-state index is 13.3. The van der Waals surface area contributed by atoms with Crippen LogP contribution in [0.2, 0.25) is 0 Å². The van der Waals surface area contributed by atoms with Gasteiger partial charge in [-0.2, -0.15) is 0 Å². The van der Waals surface area contributed by atoms with E-state index in [-0.39, 0.29) is 34.0 Å². The molecular formula is C24H30BrF2N. The van der Waals surface area contributed by atoms with Crippen molar-refractivity contribution in [1.82, 2.24) is 4.90 Å². The van der Waals surface area contributed by atoms with Crippen LogP contribution in [0, 0.1) is 28.4 Å². The van der Waals surface area contributed by atoms with Gasteiger partial charge in [-0.3, -0.25) is 4.90 Å². The predicted octanol–water partition coefficient (Wildman–Crippen LogP) is 6.76. The smallest absolute Gasteiger partial charge is 0.123 e. The van der Waals surface area contributed by atoms with Gasteiger partial charge in [0.25, 0.3) is 0 Å². The summed E-state index contributed by atoms with van der Waals surface area (Å²) >= 11 is 0. The molecule has 2 aliphatic carbocycles. The molecule has 4 rings (SSSR count). The van der Waals surface area contributed by atoms with Crippen molar-refractivity contribution in [2.75, 3.05) is 0 Å². The quantitative estimate of drug-likeness (QED) is 0.487. The molecule has 2 fully saturated rings. The molecule has 2 bridgehead atoms. The Kier molecular flexibility index (Phi) is 6.03. The fourth-order valence-corrected chi connectivity index (χ4v) is 5.64. The summed E-state index contributed by atoms with van der Waals surface area (Å²) in [5, 5.41) is 0. The van der Waals surface area contributed by atoms with Gasteiger partial charge in [-0.05, 0) is 71.4 Å². The molecule has 0 spiro atoms. The van der Waals surface area contributed by atoms with Crippen LogP contribution in [-0.2, 0) is 13.1 Å². The summed E-state index contributed by atoms with van der Waals surface area (Å²) in [6, 6.07) is 14.2. The lowest BCUT2D eigenvalue weighted by Gasteiger charge is -2.45. The minimum Gasteiger partial charge on any atom is -0.291 e. The van der Waals surface area contributed by atoms with Gasteiger partial charge >= 0.3 is 0 Å². The van der Waals surface area contributed by atoms with Crippen molar-refractivity contribution in [2.24, 2.45) is 16.7 Å². The normalized spacial score (nSPS) is 27.8. The third-order valence-electron chi connectivity index (χ3n) is 7.79. The highest BCUT2D eigenvalue weighted by molar-refractivity contribution is 8.93. The first kappa shape index (κ1) is 21.4. The Morgan fingerprint density at radius 2 is 1.32 bits per heavy atom. The van der Waals surface area contributed by atoms with Gasteiger partial charge in [-0.25, -0.2) is 8.78 Å². The van der Waals surface area contributed by atoms with Gasteiger partial charge in [-0.1, -0.05) is 45.0 Å². The van der Waals surface area contributed by atoms with Crippen LogP contribution in [0.5, 0.6) is 0 Å². The molecule has 152 valence electrons. The summed E-state index contributed by atoms with van der Waals surface area (Å²) in [6.07, 6.45) is 3.80. The van der Waals surface area contributed by atoms with Crippen molar-refractivity contribution in [3.8, 4) is 0 Å². The second-order valence-corrected chi connectivity index (χ2v) is 9.28. The molecule has 0 saturated heterocycles. The third-order valence-corrected chi connectivity index (χ3v) is 7.79. The Balaban J connectivity index is 0.00000225. The molecule has 2 aliphatic rings. The van der Waals surface area contributed by atoms with Gasteiger partial charge in [0.05, 0.1) is 0 Å². The highest BCUT2D eigenvalue weighted by Gasteiger charge is 2.62. The molecular weight excluding hydrogens is 420 g/mol. The zero-order valence-electron chi connectivity index (χ0n) is 16.9. The zero-order valence-corrected chi connectivity index (χ0v) is 18.6. The molecule has 0 heterocycles. The molecule has 0 unspecified atom stereocenters. The summed E-state index contributed by atoms with van der Waals surface area (Å²) < 4.78 is 26.7. The summed E-state index contributed by atoms with van der Waals surface area (Å²) in [5.74, 6) is 0.366. The van der Waals surface area contributed by atoms with Crippen molar-refractivity contribution < 1.29 is 8.78 Å². The molecule has 28 heavy (non-hydrogen) atoms. The first-order chi connectivity index (χ1) is 12.8. The fraction of sp³-hybridized carbons (Fsp3) is 0.500. The largest absolute Gasteiger partial charge is 0.291 e. The second-order valence-electron chi connectivity index (χ2n) is 9.28. The Labute approximate surface area is 177 Å². The molecule has 0 amide bonds. The van der Waals surface area contributed by atoms with Crippen LogP contribution >= 0.6 is 17.0 Å². The van der Waals surface area contributed by atoms with Gasteiger partial charge < -0.3 is 0 Å². The highest BCUT2D eigenvalue weighted by Crippen LogP contribution is 2.66. The third kappa shape index (κ3) is 3.66. The van der Waals surface area contributed by atoms with E-state index in [0.717, 1.165) is 30.1 Å². The monoisotopic (exact) mass is 449 g/mol. The molecule has 1 nitrogen and oxygen atoms in total. The SMILES string of the molecule is Br.CC1(C)[C@H]2CC[C@]1(C)[C@H](N(Cc1ccc(F)cc1)Cc1ccc(F)cc1)C2. The fourth-order valence-electron chi connectivity index (χ4n) is 5.64. The molecule has 4 heteroatoms. The summed E-state index contributed by atoms with van der Waals surface area (Å²) in [6.45, 7) is 8.89. The summed E-state index contributed by atoms with van der Waals surface area (Å²) in [4.78, 5) is 2.54. The van der Waals surface area contributed by atoms with Crippen LogP contribution in [-0.4, -0.2) is 10.9 Å². The van der Waals surface area contributed by atoms with E-state index in [1.807, 2.05) is 24.3 Å². The van der Waals surface area contributed by atoms with E-state index in [1.165, 1.54) is 43.5 Å². The van der Waals surface area contributed by atoms with Crippen LogP contribution in [0.3, 0.4) is 0 Å². The lowest BCUT2D eigenvalue weighted by Crippen LogP contribution is -2.46. The van der Waals surface area contributed by atoms with Gasteiger partial charge in [0.15, 0.2) is 0 Å². The van der Waals surface area contributed by atoms with Crippen molar-refractivity contribution in [2.45, 2.75) is 59.2 Å². The van der Waals surface area contributed by atoms with Crippen molar-refractivity contribution in [1.29, 1.82) is 0 Å². The van der Waals surface area contributed by atoms with E-state index in [2.05, 4.69) is 25.7 Å². The number of halogens is 3. The van der Waals surface area contributed by atoms with Crippen LogP contribution in [0.4, 0.5) is 8.78 Å². The molecule has 0 aromatic heterocycles. The Bertz CT molecular complexity index is 755. The van der Waals surface area contributed by atoms with Gasteiger partial charge in [0.2, 0.25) is 0 Å². The van der Waals surface area contributed by atoms with Gasteiger partial charge in [0.1, 0.15) is 11.6 Å². The van der Waals surface area contributed by atoms with Crippen molar-refractivity contribution in [3.63, 3.8) is 0 Å². The standard InChI is InChI=1S/C24H29F2N.BrH/c1-23(2)19-12-13-24(23,3)22(14-19)27(15-17-4-8-20(25)9-5-17)16-18-6-10-21(26)11-7-18;/h4-11,19,22H,12-16H2,1-3H3;1H/t19-,22+,24+;/m0./s1. The van der Waals surface area contributed by atoms with Crippen molar-refractivity contribution in [3.05, 3.63) is 71.3 Å². The molecule has 2 aromatic rings. The van der Waals surface area contributed by atoms with E-state index in [9.17, 15) is 8.78 Å². The summed E-state index contributed by atoms with van der Waals surface area (Å²) in [7, 11) is 0. The van der Waals surface area contributed by atoms with Gasteiger partial charge in [-0.15, -0.1) is 17.0 Å². The van der Waals surface area contributed by atoms with E-state index in [4.69, 9.17) is 0 Å². The molecule has 0 aliphatic heterocycles. The predicted molar refractivity (Wildman–Crippen MR) is 115 cm³/mol. The lowest BCUT2D eigenvalue weighted by molar-refractivity contribution is 0.0332. The molecule has 0 N–H and O–H groups in total. The lowest BCUT2D eigenvalue weighted by atomic mass is 9.68. The van der Waals surface area contributed by atoms with Crippen LogP contribution < -0.4 is 0 Å². The number of rotatable bonds is 5. The highest BCUT2D eigenvalue weighted by atomic mass is 79.9.